The van der Waals surface area contributed by atoms with Crippen LogP contribution >= 0.6 is 0 Å². The SMILES string of the molecule is Cc1c(CNc2cccc(N)n2)c(C)c(CNc2cccc(N)n2)c(C)c1CNc1cccc(N)n1. The topological polar surface area (TPSA) is 153 Å². The molecule has 0 unspecified atom stereocenters. The summed E-state index contributed by atoms with van der Waals surface area (Å²) in [5.41, 5.74) is 24.9. The molecule has 9 nitrogen and oxygen atoms in total. The average molecular weight is 484 g/mol. The second-order valence-electron chi connectivity index (χ2n) is 8.71. The lowest BCUT2D eigenvalue weighted by atomic mass is 9.88. The number of nitrogen functional groups attached to an aromatic ring is 3. The van der Waals surface area contributed by atoms with Crippen molar-refractivity contribution < 1.29 is 0 Å². The Bertz CT molecular complexity index is 1180. The maximum atomic E-state index is 5.87. The third-order valence-electron chi connectivity index (χ3n) is 6.37. The largest absolute Gasteiger partial charge is 0.384 e. The fourth-order valence-corrected chi connectivity index (χ4v) is 4.37. The van der Waals surface area contributed by atoms with Gasteiger partial charge in [0.15, 0.2) is 0 Å². The second-order valence-corrected chi connectivity index (χ2v) is 8.71. The summed E-state index contributed by atoms with van der Waals surface area (Å²) in [4.78, 5) is 13.1. The lowest BCUT2D eigenvalue weighted by Crippen LogP contribution is -2.16. The van der Waals surface area contributed by atoms with Crippen molar-refractivity contribution in [3.63, 3.8) is 0 Å². The molecule has 4 rings (SSSR count). The molecule has 1 aromatic carbocycles. The summed E-state index contributed by atoms with van der Waals surface area (Å²) < 4.78 is 0. The molecule has 0 amide bonds. The molecule has 9 N–H and O–H groups in total. The Morgan fingerprint density at radius 3 is 1.03 bits per heavy atom. The van der Waals surface area contributed by atoms with Crippen molar-refractivity contribution in [1.29, 1.82) is 0 Å². The first-order chi connectivity index (χ1) is 17.3. The van der Waals surface area contributed by atoms with Gasteiger partial charge in [-0.25, -0.2) is 15.0 Å². The van der Waals surface area contributed by atoms with Gasteiger partial charge in [-0.2, -0.15) is 0 Å². The Balaban J connectivity index is 1.66. The highest BCUT2D eigenvalue weighted by Gasteiger charge is 2.17. The van der Waals surface area contributed by atoms with Gasteiger partial charge in [0.05, 0.1) is 0 Å². The fourth-order valence-electron chi connectivity index (χ4n) is 4.37. The van der Waals surface area contributed by atoms with Crippen LogP contribution in [0.3, 0.4) is 0 Å². The number of rotatable bonds is 9. The molecule has 0 aliphatic heterocycles. The van der Waals surface area contributed by atoms with Crippen molar-refractivity contribution >= 4 is 34.9 Å². The van der Waals surface area contributed by atoms with Crippen molar-refractivity contribution in [2.75, 3.05) is 33.2 Å². The van der Waals surface area contributed by atoms with Gasteiger partial charge in [-0.15, -0.1) is 0 Å². The summed E-state index contributed by atoms with van der Waals surface area (Å²) in [7, 11) is 0. The second kappa shape index (κ2) is 10.8. The quantitative estimate of drug-likeness (QED) is 0.204. The number of nitrogens with one attached hydrogen (secondary N) is 3. The molecule has 0 saturated carbocycles. The van der Waals surface area contributed by atoms with Gasteiger partial charge >= 0.3 is 0 Å². The summed E-state index contributed by atoms with van der Waals surface area (Å²) in [5, 5.41) is 10.3. The smallest absolute Gasteiger partial charge is 0.128 e. The number of hydrogen-bond donors (Lipinski definition) is 6. The fraction of sp³-hybridized carbons (Fsp3) is 0.222. The van der Waals surface area contributed by atoms with Crippen LogP contribution in [0.15, 0.2) is 54.6 Å². The highest BCUT2D eigenvalue weighted by atomic mass is 15.0. The lowest BCUT2D eigenvalue weighted by molar-refractivity contribution is 0.962. The molecule has 4 aromatic rings. The van der Waals surface area contributed by atoms with E-state index in [-0.39, 0.29) is 0 Å². The average Bonchev–Trinajstić information content (AvgIpc) is 2.84. The summed E-state index contributed by atoms with van der Waals surface area (Å²) in [5.74, 6) is 3.66. The molecule has 0 aliphatic carbocycles. The Morgan fingerprint density at radius 1 is 0.500 bits per heavy atom. The number of nitrogens with two attached hydrogens (primary N) is 3. The monoisotopic (exact) mass is 483 g/mol. The van der Waals surface area contributed by atoms with E-state index in [2.05, 4.69) is 51.7 Å². The normalized spacial score (nSPS) is 10.8. The van der Waals surface area contributed by atoms with Crippen LogP contribution in [0.1, 0.15) is 33.4 Å². The molecule has 0 atom stereocenters. The van der Waals surface area contributed by atoms with Crippen LogP contribution in [0.2, 0.25) is 0 Å². The number of aromatic nitrogens is 3. The van der Waals surface area contributed by atoms with Crippen LogP contribution in [0.5, 0.6) is 0 Å². The number of hydrogen-bond acceptors (Lipinski definition) is 9. The molecule has 186 valence electrons. The van der Waals surface area contributed by atoms with Gasteiger partial charge < -0.3 is 33.2 Å². The molecule has 3 heterocycles. The van der Waals surface area contributed by atoms with E-state index >= 15 is 0 Å². The van der Waals surface area contributed by atoms with Gasteiger partial charge in [-0.05, 0) is 90.6 Å². The predicted octanol–water partition coefficient (Wildman–Crippen LogP) is 4.38. The van der Waals surface area contributed by atoms with E-state index in [0.29, 0.717) is 37.1 Å². The van der Waals surface area contributed by atoms with E-state index in [1.165, 1.54) is 33.4 Å². The van der Waals surface area contributed by atoms with Gasteiger partial charge in [0.1, 0.15) is 34.9 Å². The zero-order valence-corrected chi connectivity index (χ0v) is 20.9. The first-order valence-corrected chi connectivity index (χ1v) is 11.8. The van der Waals surface area contributed by atoms with Crippen LogP contribution in [0.25, 0.3) is 0 Å². The van der Waals surface area contributed by atoms with Crippen LogP contribution in [-0.2, 0) is 19.6 Å². The Morgan fingerprint density at radius 2 is 0.778 bits per heavy atom. The van der Waals surface area contributed by atoms with Crippen molar-refractivity contribution in [2.24, 2.45) is 0 Å². The highest BCUT2D eigenvalue weighted by molar-refractivity contribution is 5.55. The summed E-state index contributed by atoms with van der Waals surface area (Å²) >= 11 is 0. The molecule has 0 saturated heterocycles. The van der Waals surface area contributed by atoms with E-state index < -0.39 is 0 Å². The first kappa shape index (κ1) is 24.6. The molecule has 36 heavy (non-hydrogen) atoms. The molecular weight excluding hydrogens is 450 g/mol. The van der Waals surface area contributed by atoms with Crippen LogP contribution < -0.4 is 33.2 Å². The summed E-state index contributed by atoms with van der Waals surface area (Å²) in [6.07, 6.45) is 0. The molecular formula is C27H33N9. The minimum absolute atomic E-state index is 0.483. The lowest BCUT2D eigenvalue weighted by Gasteiger charge is -2.24. The van der Waals surface area contributed by atoms with E-state index in [4.69, 9.17) is 17.2 Å². The van der Waals surface area contributed by atoms with Gasteiger partial charge in [-0.1, -0.05) is 18.2 Å². The highest BCUT2D eigenvalue weighted by Crippen LogP contribution is 2.29. The summed E-state index contributed by atoms with van der Waals surface area (Å²) in [6, 6.07) is 16.7. The zero-order chi connectivity index (χ0) is 25.7. The maximum Gasteiger partial charge on any atom is 0.128 e. The molecule has 0 spiro atoms. The minimum Gasteiger partial charge on any atom is -0.384 e. The van der Waals surface area contributed by atoms with E-state index in [0.717, 1.165) is 17.5 Å². The molecule has 9 heteroatoms. The first-order valence-electron chi connectivity index (χ1n) is 11.8. The molecule has 3 aromatic heterocycles. The van der Waals surface area contributed by atoms with Gasteiger partial charge in [0.2, 0.25) is 0 Å². The number of anilines is 6. The summed E-state index contributed by atoms with van der Waals surface area (Å²) in [6.45, 7) is 8.31. The van der Waals surface area contributed by atoms with Crippen molar-refractivity contribution in [1.82, 2.24) is 15.0 Å². The van der Waals surface area contributed by atoms with Crippen LogP contribution in [-0.4, -0.2) is 15.0 Å². The van der Waals surface area contributed by atoms with E-state index in [9.17, 15) is 0 Å². The zero-order valence-electron chi connectivity index (χ0n) is 20.9. The molecule has 0 aliphatic rings. The standard InChI is InChI=1S/C27H33N9/c1-16-19(13-31-25-10-4-7-22(28)34-25)17(2)21(15-33-27-12-6-9-24(30)36-27)18(3)20(16)14-32-26-11-5-8-23(29)35-26/h4-12H,13-15H2,1-3H3,(H3,28,31,34)(H3,29,32,35)(H3,30,33,36). The van der Waals surface area contributed by atoms with Crippen molar-refractivity contribution in [2.45, 2.75) is 40.4 Å². The Labute approximate surface area is 211 Å². The Kier molecular flexibility index (Phi) is 7.39. The third kappa shape index (κ3) is 5.75. The molecule has 0 bridgehead atoms. The van der Waals surface area contributed by atoms with E-state index in [1.807, 2.05) is 36.4 Å². The van der Waals surface area contributed by atoms with Crippen molar-refractivity contribution in [3.8, 4) is 0 Å². The number of nitrogens with zero attached hydrogens (tertiary/aromatic N) is 3. The van der Waals surface area contributed by atoms with Crippen LogP contribution in [0.4, 0.5) is 34.9 Å². The predicted molar refractivity (Wildman–Crippen MR) is 149 cm³/mol. The molecule has 0 fully saturated rings. The number of pyridine rings is 3. The third-order valence-corrected chi connectivity index (χ3v) is 6.37. The van der Waals surface area contributed by atoms with Gasteiger partial charge in [0.25, 0.3) is 0 Å². The number of benzene rings is 1. The minimum atomic E-state index is 0.483. The Hall–Kier alpha value is -4.53. The van der Waals surface area contributed by atoms with Gasteiger partial charge in [0, 0.05) is 19.6 Å². The molecule has 0 radical (unpaired) electrons. The van der Waals surface area contributed by atoms with Crippen molar-refractivity contribution in [3.05, 3.63) is 88.0 Å². The van der Waals surface area contributed by atoms with Gasteiger partial charge in [-0.3, -0.25) is 0 Å². The van der Waals surface area contributed by atoms with E-state index in [1.54, 1.807) is 18.2 Å². The van der Waals surface area contributed by atoms with Crippen LogP contribution in [0, 0.1) is 20.8 Å². The maximum absolute atomic E-state index is 5.87.